The minimum atomic E-state index is -0.510. The summed E-state index contributed by atoms with van der Waals surface area (Å²) in [5, 5.41) is 4.10. The number of para-hydroxylation sites is 1. The van der Waals surface area contributed by atoms with Crippen LogP contribution >= 0.6 is 0 Å². The highest BCUT2D eigenvalue weighted by molar-refractivity contribution is 6.01. The Kier molecular flexibility index (Phi) is 4.05. The monoisotopic (exact) mass is 296 g/mol. The number of hydrogen-bond donors (Lipinski definition) is 1. The number of oxime groups is 1. The first-order valence-electron chi connectivity index (χ1n) is 7.04. The minimum Gasteiger partial charge on any atom is -0.489 e. The van der Waals surface area contributed by atoms with Gasteiger partial charge >= 0.3 is 0 Å². The first-order valence-corrected chi connectivity index (χ1v) is 7.04. The van der Waals surface area contributed by atoms with Gasteiger partial charge in [-0.3, -0.25) is 4.79 Å². The summed E-state index contributed by atoms with van der Waals surface area (Å²) in [6, 6.07) is 16.8. The molecule has 0 saturated heterocycles. The Bertz CT molecular complexity index is 698. The van der Waals surface area contributed by atoms with Crippen LogP contribution in [0.3, 0.4) is 0 Å². The molecule has 5 heteroatoms. The van der Waals surface area contributed by atoms with Crippen molar-refractivity contribution in [2.45, 2.75) is 12.5 Å². The van der Waals surface area contributed by atoms with Crippen LogP contribution in [-0.4, -0.2) is 24.3 Å². The van der Waals surface area contributed by atoms with Gasteiger partial charge in [-0.2, -0.15) is 0 Å². The van der Waals surface area contributed by atoms with Crippen LogP contribution in [0.2, 0.25) is 0 Å². The Morgan fingerprint density at radius 2 is 1.91 bits per heavy atom. The van der Waals surface area contributed by atoms with E-state index in [1.807, 2.05) is 30.3 Å². The van der Waals surface area contributed by atoms with E-state index in [1.165, 1.54) is 0 Å². The first-order chi connectivity index (χ1) is 10.7. The number of nitrogens with zero attached hydrogens (tertiary/aromatic N) is 1. The smallest absolute Gasteiger partial charge is 0.252 e. The Labute approximate surface area is 128 Å². The molecular formula is C17H16N2O3. The molecule has 1 atom stereocenters. The molecule has 2 N–H and O–H groups in total. The van der Waals surface area contributed by atoms with Crippen LogP contribution in [-0.2, 0) is 4.84 Å². The van der Waals surface area contributed by atoms with E-state index in [1.54, 1.807) is 24.3 Å². The fraction of sp³-hybridized carbons (Fsp3) is 0.176. The highest BCUT2D eigenvalue weighted by atomic mass is 16.7. The molecule has 1 amide bonds. The van der Waals surface area contributed by atoms with Crippen LogP contribution in [0.5, 0.6) is 5.75 Å². The lowest BCUT2D eigenvalue weighted by atomic mass is 10.1. The van der Waals surface area contributed by atoms with Gasteiger partial charge in [-0.15, -0.1) is 0 Å². The Balaban J connectivity index is 1.60. The number of nitrogens with two attached hydrogens (primary N) is 1. The minimum absolute atomic E-state index is 0.170. The van der Waals surface area contributed by atoms with Gasteiger partial charge in [0.2, 0.25) is 0 Å². The topological polar surface area (TPSA) is 73.9 Å². The Hall–Kier alpha value is -2.82. The number of ether oxygens (including phenoxy) is 1. The van der Waals surface area contributed by atoms with Crippen LogP contribution in [0.15, 0.2) is 59.8 Å². The zero-order chi connectivity index (χ0) is 15.4. The number of carbonyl (C=O) groups excluding carboxylic acids is 1. The van der Waals surface area contributed by atoms with Gasteiger partial charge in [0.15, 0.2) is 6.10 Å². The third-order valence-corrected chi connectivity index (χ3v) is 3.42. The van der Waals surface area contributed by atoms with Crippen molar-refractivity contribution in [1.82, 2.24) is 0 Å². The molecular weight excluding hydrogens is 280 g/mol. The summed E-state index contributed by atoms with van der Waals surface area (Å²) in [4.78, 5) is 16.7. The molecule has 0 saturated carbocycles. The second-order valence-electron chi connectivity index (χ2n) is 5.01. The quantitative estimate of drug-likeness (QED) is 0.920. The maximum atomic E-state index is 11.3. The zero-order valence-electron chi connectivity index (χ0n) is 11.9. The van der Waals surface area contributed by atoms with Crippen molar-refractivity contribution in [3.63, 3.8) is 0 Å². The van der Waals surface area contributed by atoms with E-state index in [9.17, 15) is 4.79 Å². The Morgan fingerprint density at radius 3 is 2.68 bits per heavy atom. The number of primary amides is 1. The second kappa shape index (κ2) is 6.30. The number of carbonyl (C=O) groups is 1. The summed E-state index contributed by atoms with van der Waals surface area (Å²) < 4.78 is 5.67. The molecule has 1 aliphatic heterocycles. The molecule has 1 aliphatic rings. The van der Waals surface area contributed by atoms with Crippen molar-refractivity contribution < 1.29 is 14.4 Å². The average Bonchev–Trinajstić information content (AvgIpc) is 3.03. The summed E-state index contributed by atoms with van der Waals surface area (Å²) in [5.74, 6) is -0.0454. The van der Waals surface area contributed by atoms with Crippen LogP contribution in [0.25, 0.3) is 0 Å². The highest BCUT2D eigenvalue weighted by Crippen LogP contribution is 2.21. The summed E-state index contributed by atoms with van der Waals surface area (Å²) in [6.45, 7) is 0.310. The molecule has 0 fully saturated rings. The van der Waals surface area contributed by atoms with E-state index < -0.39 is 5.91 Å². The summed E-state index contributed by atoms with van der Waals surface area (Å²) >= 11 is 0. The fourth-order valence-electron chi connectivity index (χ4n) is 2.30. The van der Waals surface area contributed by atoms with Crippen LogP contribution in [0.4, 0.5) is 0 Å². The molecule has 0 radical (unpaired) electrons. The molecule has 22 heavy (non-hydrogen) atoms. The molecule has 1 heterocycles. The van der Waals surface area contributed by atoms with Crippen molar-refractivity contribution in [2.24, 2.45) is 10.9 Å². The number of amides is 1. The van der Waals surface area contributed by atoms with E-state index in [-0.39, 0.29) is 6.10 Å². The molecule has 0 aliphatic carbocycles. The van der Waals surface area contributed by atoms with Crippen molar-refractivity contribution in [3.8, 4) is 5.75 Å². The van der Waals surface area contributed by atoms with Gasteiger partial charge in [-0.05, 0) is 17.7 Å². The van der Waals surface area contributed by atoms with Crippen LogP contribution in [0.1, 0.15) is 22.3 Å². The van der Waals surface area contributed by atoms with Crippen molar-refractivity contribution >= 4 is 11.6 Å². The molecule has 0 bridgehead atoms. The highest BCUT2D eigenvalue weighted by Gasteiger charge is 2.23. The summed E-state index contributed by atoms with van der Waals surface area (Å²) in [6.07, 6.45) is 0.499. The van der Waals surface area contributed by atoms with Crippen molar-refractivity contribution in [1.29, 1.82) is 0 Å². The molecule has 0 spiro atoms. The van der Waals surface area contributed by atoms with Gasteiger partial charge in [0.05, 0.1) is 11.3 Å². The SMILES string of the molecule is NC(=O)c1ccccc1OC[C@H]1CC(c2ccccc2)=NO1. The maximum absolute atomic E-state index is 11.3. The predicted molar refractivity (Wildman–Crippen MR) is 82.9 cm³/mol. The summed E-state index contributed by atoms with van der Waals surface area (Å²) in [5.41, 5.74) is 7.63. The van der Waals surface area contributed by atoms with E-state index >= 15 is 0 Å². The first kappa shape index (κ1) is 14.1. The van der Waals surface area contributed by atoms with Gasteiger partial charge in [-0.1, -0.05) is 47.6 Å². The second-order valence-corrected chi connectivity index (χ2v) is 5.01. The predicted octanol–water partition coefficient (Wildman–Crippen LogP) is 2.36. The van der Waals surface area contributed by atoms with E-state index in [4.69, 9.17) is 15.3 Å². The van der Waals surface area contributed by atoms with Crippen LogP contribution in [0, 0.1) is 0 Å². The molecule has 5 nitrogen and oxygen atoms in total. The molecule has 2 aromatic rings. The Morgan fingerprint density at radius 1 is 1.18 bits per heavy atom. The molecule has 3 rings (SSSR count). The lowest BCUT2D eigenvalue weighted by Gasteiger charge is -2.12. The van der Waals surface area contributed by atoms with Gasteiger partial charge in [0.25, 0.3) is 5.91 Å². The van der Waals surface area contributed by atoms with E-state index in [0.29, 0.717) is 24.3 Å². The fourth-order valence-corrected chi connectivity index (χ4v) is 2.30. The van der Waals surface area contributed by atoms with Gasteiger partial charge < -0.3 is 15.3 Å². The molecule has 2 aromatic carbocycles. The van der Waals surface area contributed by atoms with E-state index in [0.717, 1.165) is 11.3 Å². The molecule has 0 aromatic heterocycles. The molecule has 0 unspecified atom stereocenters. The van der Waals surface area contributed by atoms with Crippen molar-refractivity contribution in [3.05, 3.63) is 65.7 Å². The maximum Gasteiger partial charge on any atom is 0.252 e. The van der Waals surface area contributed by atoms with E-state index in [2.05, 4.69) is 5.16 Å². The largest absolute Gasteiger partial charge is 0.489 e. The summed E-state index contributed by atoms with van der Waals surface area (Å²) in [7, 11) is 0. The van der Waals surface area contributed by atoms with Gasteiger partial charge in [0, 0.05) is 6.42 Å². The van der Waals surface area contributed by atoms with Crippen molar-refractivity contribution in [2.75, 3.05) is 6.61 Å². The standard InChI is InChI=1S/C17H16N2O3/c18-17(20)14-8-4-5-9-16(14)21-11-13-10-15(19-22-13)12-6-2-1-3-7-12/h1-9,13H,10-11H2,(H2,18,20)/t13-/m1/s1. The number of rotatable bonds is 5. The number of hydrogen-bond acceptors (Lipinski definition) is 4. The number of benzene rings is 2. The third kappa shape index (κ3) is 3.09. The normalized spacial score (nSPS) is 16.7. The van der Waals surface area contributed by atoms with Gasteiger partial charge in [0.1, 0.15) is 12.4 Å². The van der Waals surface area contributed by atoms with Gasteiger partial charge in [-0.25, -0.2) is 0 Å². The average molecular weight is 296 g/mol. The third-order valence-electron chi connectivity index (χ3n) is 3.42. The molecule has 112 valence electrons. The lowest BCUT2D eigenvalue weighted by molar-refractivity contribution is 0.0467. The van der Waals surface area contributed by atoms with Crippen LogP contribution < -0.4 is 10.5 Å². The zero-order valence-corrected chi connectivity index (χ0v) is 11.9. The lowest BCUT2D eigenvalue weighted by Crippen LogP contribution is -2.20.